The molecule has 146 valence electrons. The zero-order valence-corrected chi connectivity index (χ0v) is 18.1. The van der Waals surface area contributed by atoms with Gasteiger partial charge in [0.25, 0.3) is 0 Å². The highest BCUT2D eigenvalue weighted by Gasteiger charge is 2.22. The van der Waals surface area contributed by atoms with Gasteiger partial charge >= 0.3 is 0 Å². The maximum absolute atomic E-state index is 12.2. The molecular formula is C19H25N3O2S3. The molecule has 1 fully saturated rings. The number of amides is 1. The second-order valence-corrected chi connectivity index (χ2v) is 10.1. The second kappa shape index (κ2) is 10.3. The maximum atomic E-state index is 12.2. The smallest absolute Gasteiger partial charge is 0.230 e. The maximum Gasteiger partial charge on any atom is 0.230 e. The monoisotopic (exact) mass is 423 g/mol. The Kier molecular flexibility index (Phi) is 7.84. The van der Waals surface area contributed by atoms with Crippen LogP contribution in [0.3, 0.4) is 0 Å². The van der Waals surface area contributed by atoms with Gasteiger partial charge in [-0.2, -0.15) is 0 Å². The van der Waals surface area contributed by atoms with Crippen LogP contribution in [0.4, 0.5) is 0 Å². The van der Waals surface area contributed by atoms with Gasteiger partial charge in [0.05, 0.1) is 12.9 Å². The van der Waals surface area contributed by atoms with E-state index in [-0.39, 0.29) is 5.91 Å². The second-order valence-electron chi connectivity index (χ2n) is 6.70. The summed E-state index contributed by atoms with van der Waals surface area (Å²) in [5.74, 6) is 2.78. The number of thioether (sulfide) groups is 2. The Hall–Kier alpha value is -1.25. The predicted octanol–water partition coefficient (Wildman–Crippen LogP) is 4.63. The van der Waals surface area contributed by atoms with Gasteiger partial charge in [0.15, 0.2) is 8.68 Å². The average molecular weight is 424 g/mol. The molecule has 1 saturated carbocycles. The van der Waals surface area contributed by atoms with Gasteiger partial charge < -0.3 is 10.1 Å². The van der Waals surface area contributed by atoms with Crippen LogP contribution in [-0.2, 0) is 10.5 Å². The van der Waals surface area contributed by atoms with Crippen LogP contribution in [0, 0.1) is 5.92 Å². The minimum Gasteiger partial charge on any atom is -0.497 e. The highest BCUT2D eigenvalue weighted by Crippen LogP contribution is 2.31. The number of carbonyl (C=O) groups is 1. The lowest BCUT2D eigenvalue weighted by Crippen LogP contribution is -2.41. The van der Waals surface area contributed by atoms with Gasteiger partial charge in [-0.05, 0) is 36.5 Å². The molecule has 0 bridgehead atoms. The molecule has 2 aromatic rings. The van der Waals surface area contributed by atoms with E-state index in [2.05, 4.69) is 34.6 Å². The van der Waals surface area contributed by atoms with E-state index in [0.717, 1.165) is 26.6 Å². The van der Waals surface area contributed by atoms with Crippen LogP contribution in [0.15, 0.2) is 32.9 Å². The van der Waals surface area contributed by atoms with E-state index in [1.54, 1.807) is 30.2 Å². The average Bonchev–Trinajstić information content (AvgIpc) is 3.15. The Morgan fingerprint density at radius 3 is 2.59 bits per heavy atom. The standard InChI is InChI=1S/C19H25N3O2S3/c1-13-5-3-4-6-16(13)20-17(23)12-26-19-22-21-18(27-19)25-11-14-7-9-15(24-2)10-8-14/h7-10,13,16H,3-6,11-12H2,1-2H3,(H,20,23)/t13-,16+/m0/s1. The number of hydrogen-bond acceptors (Lipinski definition) is 7. The van der Waals surface area contributed by atoms with Gasteiger partial charge in [0, 0.05) is 11.8 Å². The van der Waals surface area contributed by atoms with Crippen LogP contribution in [0.1, 0.15) is 38.2 Å². The van der Waals surface area contributed by atoms with Crippen LogP contribution < -0.4 is 10.1 Å². The van der Waals surface area contributed by atoms with Crippen LogP contribution in [0.25, 0.3) is 0 Å². The first kappa shape index (κ1) is 20.5. The molecule has 1 aromatic carbocycles. The molecule has 3 rings (SSSR count). The fraction of sp³-hybridized carbons (Fsp3) is 0.526. The van der Waals surface area contributed by atoms with Crippen LogP contribution in [-0.4, -0.2) is 35.0 Å². The van der Waals surface area contributed by atoms with Gasteiger partial charge in [-0.25, -0.2) is 0 Å². The third kappa shape index (κ3) is 6.40. The van der Waals surface area contributed by atoms with Crippen molar-refractivity contribution in [2.24, 2.45) is 5.92 Å². The lowest BCUT2D eigenvalue weighted by atomic mass is 9.86. The quantitative estimate of drug-likeness (QED) is 0.625. The van der Waals surface area contributed by atoms with Gasteiger partial charge in [-0.3, -0.25) is 4.79 Å². The van der Waals surface area contributed by atoms with Crippen molar-refractivity contribution in [2.75, 3.05) is 12.9 Å². The number of nitrogens with one attached hydrogen (secondary N) is 1. The number of rotatable bonds is 8. The lowest BCUT2D eigenvalue weighted by Gasteiger charge is -2.29. The van der Waals surface area contributed by atoms with Gasteiger partial charge in [0.1, 0.15) is 5.75 Å². The van der Waals surface area contributed by atoms with E-state index < -0.39 is 0 Å². The lowest BCUT2D eigenvalue weighted by molar-refractivity contribution is -0.119. The summed E-state index contributed by atoms with van der Waals surface area (Å²) in [5.41, 5.74) is 1.21. The molecule has 8 heteroatoms. The van der Waals surface area contributed by atoms with E-state index in [4.69, 9.17) is 4.74 Å². The molecule has 1 heterocycles. The van der Waals surface area contributed by atoms with Gasteiger partial charge in [0.2, 0.25) is 5.91 Å². The van der Waals surface area contributed by atoms with Crippen LogP contribution in [0.5, 0.6) is 5.75 Å². The van der Waals surface area contributed by atoms with Crippen molar-refractivity contribution in [1.82, 2.24) is 15.5 Å². The molecule has 0 unspecified atom stereocenters. The summed E-state index contributed by atoms with van der Waals surface area (Å²) in [6.45, 7) is 2.23. The fourth-order valence-electron chi connectivity index (χ4n) is 3.09. The van der Waals surface area contributed by atoms with Crippen LogP contribution >= 0.6 is 34.9 Å². The number of hydrogen-bond donors (Lipinski definition) is 1. The van der Waals surface area contributed by atoms with Crippen molar-refractivity contribution < 1.29 is 9.53 Å². The minimum atomic E-state index is 0.0985. The van der Waals surface area contributed by atoms with Crippen molar-refractivity contribution >= 4 is 40.8 Å². The Bertz CT molecular complexity index is 736. The SMILES string of the molecule is COc1ccc(CSc2nnc(SCC(=O)N[C@@H]3CCCC[C@@H]3C)s2)cc1. The van der Waals surface area contributed by atoms with E-state index in [9.17, 15) is 4.79 Å². The van der Waals surface area contributed by atoms with Crippen molar-refractivity contribution in [3.63, 3.8) is 0 Å². The molecule has 0 spiro atoms. The third-order valence-corrected chi connectivity index (χ3v) is 7.95. The normalized spacial score (nSPS) is 19.6. The molecule has 1 aliphatic rings. The summed E-state index contributed by atoms with van der Waals surface area (Å²) < 4.78 is 6.94. The molecule has 1 aromatic heterocycles. The Morgan fingerprint density at radius 1 is 1.19 bits per heavy atom. The van der Waals surface area contributed by atoms with E-state index in [1.165, 1.54) is 36.6 Å². The Balaban J connectivity index is 1.41. The third-order valence-electron chi connectivity index (χ3n) is 4.69. The molecular weight excluding hydrogens is 398 g/mol. The first-order valence-corrected chi connectivity index (χ1v) is 11.9. The van der Waals surface area contributed by atoms with Crippen LogP contribution in [0.2, 0.25) is 0 Å². The zero-order chi connectivity index (χ0) is 19.1. The minimum absolute atomic E-state index is 0.0985. The number of carbonyl (C=O) groups excluding carboxylic acids is 1. The van der Waals surface area contributed by atoms with Crippen molar-refractivity contribution in [3.05, 3.63) is 29.8 Å². The molecule has 1 N–H and O–H groups in total. The summed E-state index contributed by atoms with van der Waals surface area (Å²) in [7, 11) is 1.67. The summed E-state index contributed by atoms with van der Waals surface area (Å²) in [6, 6.07) is 8.36. The number of nitrogens with zero attached hydrogens (tertiary/aromatic N) is 2. The highest BCUT2D eigenvalue weighted by molar-refractivity contribution is 8.03. The van der Waals surface area contributed by atoms with Gasteiger partial charge in [-0.15, -0.1) is 10.2 Å². The number of benzene rings is 1. The van der Waals surface area contributed by atoms with E-state index in [0.29, 0.717) is 17.7 Å². The molecule has 2 atom stereocenters. The first-order chi connectivity index (χ1) is 13.1. The summed E-state index contributed by atoms with van der Waals surface area (Å²) >= 11 is 4.68. The van der Waals surface area contributed by atoms with Gasteiger partial charge in [-0.1, -0.05) is 66.8 Å². The molecule has 0 radical (unpaired) electrons. The molecule has 27 heavy (non-hydrogen) atoms. The number of ether oxygens (including phenoxy) is 1. The van der Waals surface area contributed by atoms with Crippen molar-refractivity contribution in [2.45, 2.75) is 53.1 Å². The fourth-order valence-corrected chi connectivity index (χ4v) is 5.87. The Morgan fingerprint density at radius 2 is 1.89 bits per heavy atom. The molecule has 1 aliphatic carbocycles. The first-order valence-electron chi connectivity index (χ1n) is 9.15. The van der Waals surface area contributed by atoms with E-state index in [1.807, 2.05) is 12.1 Å². The summed E-state index contributed by atoms with van der Waals surface area (Å²) in [6.07, 6.45) is 4.81. The largest absolute Gasteiger partial charge is 0.497 e. The molecule has 0 aliphatic heterocycles. The molecule has 0 saturated heterocycles. The highest BCUT2D eigenvalue weighted by atomic mass is 32.2. The summed E-state index contributed by atoms with van der Waals surface area (Å²) in [5, 5.41) is 11.6. The molecule has 5 nitrogen and oxygen atoms in total. The zero-order valence-electron chi connectivity index (χ0n) is 15.6. The molecule has 1 amide bonds. The van der Waals surface area contributed by atoms with E-state index >= 15 is 0 Å². The number of aromatic nitrogens is 2. The van der Waals surface area contributed by atoms with Crippen molar-refractivity contribution in [1.29, 1.82) is 0 Å². The predicted molar refractivity (Wildman–Crippen MR) is 113 cm³/mol. The van der Waals surface area contributed by atoms with Crippen molar-refractivity contribution in [3.8, 4) is 5.75 Å². The topological polar surface area (TPSA) is 64.1 Å². The Labute approximate surface area is 173 Å². The summed E-state index contributed by atoms with van der Waals surface area (Å²) in [4.78, 5) is 12.2. The number of methoxy groups -OCH3 is 1.